The molecule has 2 nitrogen and oxygen atoms in total. The summed E-state index contributed by atoms with van der Waals surface area (Å²) in [6.45, 7) is 0. The summed E-state index contributed by atoms with van der Waals surface area (Å²) in [4.78, 5) is 14.5. The number of aromatic amines is 1. The zero-order valence-corrected chi connectivity index (χ0v) is 10.3. The van der Waals surface area contributed by atoms with Gasteiger partial charge in [0.25, 0.3) is 0 Å². The van der Waals surface area contributed by atoms with Crippen molar-refractivity contribution in [1.82, 2.24) is 4.98 Å². The van der Waals surface area contributed by atoms with Crippen LogP contribution in [0.2, 0.25) is 0 Å². The maximum atomic E-state index is 11.3. The highest BCUT2D eigenvalue weighted by Crippen LogP contribution is 2.22. The number of rotatable bonds is 3. The van der Waals surface area contributed by atoms with Gasteiger partial charge in [0.1, 0.15) is 0 Å². The molecule has 0 aliphatic carbocycles. The van der Waals surface area contributed by atoms with Gasteiger partial charge in [-0.25, -0.2) is 0 Å². The summed E-state index contributed by atoms with van der Waals surface area (Å²) < 4.78 is 0. The monoisotopic (exact) mass is 247 g/mol. The summed E-state index contributed by atoms with van der Waals surface area (Å²) in [6, 6.07) is 17.7. The van der Waals surface area contributed by atoms with Gasteiger partial charge in [0.15, 0.2) is 6.29 Å². The van der Waals surface area contributed by atoms with E-state index in [1.54, 1.807) is 0 Å². The number of carbonyl (C=O) groups excluding carboxylic acids is 1. The van der Waals surface area contributed by atoms with E-state index in [9.17, 15) is 4.79 Å². The Hall–Kier alpha value is -2.61. The number of aldehydes is 1. The first-order valence-electron chi connectivity index (χ1n) is 6.17. The Morgan fingerprint density at radius 3 is 2.47 bits per heavy atom. The van der Waals surface area contributed by atoms with Gasteiger partial charge in [0, 0.05) is 28.2 Å². The molecule has 0 radical (unpaired) electrons. The molecular weight excluding hydrogens is 234 g/mol. The highest BCUT2D eigenvalue weighted by Gasteiger charge is 2.03. The van der Waals surface area contributed by atoms with Gasteiger partial charge < -0.3 is 4.98 Å². The first kappa shape index (κ1) is 11.5. The average molecular weight is 247 g/mol. The van der Waals surface area contributed by atoms with Crippen LogP contribution < -0.4 is 0 Å². The number of nitrogens with one attached hydrogen (secondary N) is 1. The second-order valence-electron chi connectivity index (χ2n) is 4.37. The molecule has 0 bridgehead atoms. The molecule has 0 saturated carbocycles. The van der Waals surface area contributed by atoms with Gasteiger partial charge in [-0.3, -0.25) is 4.79 Å². The van der Waals surface area contributed by atoms with Crippen molar-refractivity contribution in [3.63, 3.8) is 0 Å². The lowest BCUT2D eigenvalue weighted by Gasteiger charge is -1.99. The van der Waals surface area contributed by atoms with Crippen molar-refractivity contribution in [2.24, 2.45) is 0 Å². The highest BCUT2D eigenvalue weighted by atomic mass is 16.1. The number of aromatic nitrogens is 1. The Balaban J connectivity index is 2.11. The lowest BCUT2D eigenvalue weighted by molar-refractivity contribution is -0.103. The van der Waals surface area contributed by atoms with Crippen LogP contribution in [0.5, 0.6) is 0 Å². The standard InChI is InChI=1S/C17H13NO/c19-12-15(13-6-2-1-3-7-13)10-14-11-18-17-9-5-4-8-16(14)17/h1-12,18H/b15-10-. The molecule has 1 aromatic heterocycles. The molecule has 0 unspecified atom stereocenters. The van der Waals surface area contributed by atoms with Gasteiger partial charge in [0.2, 0.25) is 0 Å². The van der Waals surface area contributed by atoms with Crippen LogP contribution in [-0.2, 0) is 4.79 Å². The molecule has 0 spiro atoms. The lowest BCUT2D eigenvalue weighted by atomic mass is 10.0. The van der Waals surface area contributed by atoms with Crippen LogP contribution in [0.4, 0.5) is 0 Å². The number of fused-ring (bicyclic) bond motifs is 1. The summed E-state index contributed by atoms with van der Waals surface area (Å²) in [5.74, 6) is 0. The summed E-state index contributed by atoms with van der Waals surface area (Å²) >= 11 is 0. The fourth-order valence-electron chi connectivity index (χ4n) is 2.20. The third-order valence-corrected chi connectivity index (χ3v) is 3.17. The number of hydrogen-bond donors (Lipinski definition) is 1. The summed E-state index contributed by atoms with van der Waals surface area (Å²) in [6.07, 6.45) is 4.75. The molecule has 2 heteroatoms. The first-order valence-corrected chi connectivity index (χ1v) is 6.17. The quantitative estimate of drug-likeness (QED) is 0.552. The van der Waals surface area contributed by atoms with Crippen LogP contribution in [0.15, 0.2) is 60.8 Å². The molecule has 0 atom stereocenters. The molecule has 0 saturated heterocycles. The second kappa shape index (κ2) is 4.94. The SMILES string of the molecule is O=C/C(=C/c1c[nH]c2ccccc12)c1ccccc1. The van der Waals surface area contributed by atoms with E-state index in [4.69, 9.17) is 0 Å². The summed E-state index contributed by atoms with van der Waals surface area (Å²) in [5, 5.41) is 1.12. The van der Waals surface area contributed by atoms with Crippen LogP contribution in [0, 0.1) is 0 Å². The maximum Gasteiger partial charge on any atom is 0.150 e. The molecular formula is C17H13NO. The minimum absolute atomic E-state index is 0.686. The Labute approximate surface area is 111 Å². The number of hydrogen-bond acceptors (Lipinski definition) is 1. The molecule has 3 aromatic rings. The zero-order chi connectivity index (χ0) is 13.1. The molecule has 0 fully saturated rings. The number of H-pyrrole nitrogens is 1. The van der Waals surface area contributed by atoms with Gasteiger partial charge in [-0.2, -0.15) is 0 Å². The minimum atomic E-state index is 0.686. The normalized spacial score (nSPS) is 11.7. The third kappa shape index (κ3) is 2.20. The van der Waals surface area contributed by atoms with E-state index in [0.29, 0.717) is 5.57 Å². The zero-order valence-electron chi connectivity index (χ0n) is 10.3. The Kier molecular flexibility index (Phi) is 2.99. The lowest BCUT2D eigenvalue weighted by Crippen LogP contribution is -1.84. The van der Waals surface area contributed by atoms with Gasteiger partial charge in [-0.05, 0) is 17.7 Å². The van der Waals surface area contributed by atoms with Crippen LogP contribution in [0.25, 0.3) is 22.6 Å². The van der Waals surface area contributed by atoms with E-state index >= 15 is 0 Å². The van der Waals surface area contributed by atoms with Crippen molar-refractivity contribution in [1.29, 1.82) is 0 Å². The van der Waals surface area contributed by atoms with Crippen LogP contribution in [-0.4, -0.2) is 11.3 Å². The number of carbonyl (C=O) groups is 1. The van der Waals surface area contributed by atoms with Crippen molar-refractivity contribution in [2.75, 3.05) is 0 Å². The first-order chi connectivity index (χ1) is 9.38. The van der Waals surface area contributed by atoms with Crippen molar-refractivity contribution in [3.8, 4) is 0 Å². The number of benzene rings is 2. The van der Waals surface area contributed by atoms with E-state index in [2.05, 4.69) is 4.98 Å². The molecule has 19 heavy (non-hydrogen) atoms. The third-order valence-electron chi connectivity index (χ3n) is 3.17. The average Bonchev–Trinajstić information content (AvgIpc) is 2.89. The van der Waals surface area contributed by atoms with E-state index < -0.39 is 0 Å². The minimum Gasteiger partial charge on any atom is -0.361 e. The van der Waals surface area contributed by atoms with Crippen molar-refractivity contribution >= 4 is 28.8 Å². The molecule has 0 aliphatic heterocycles. The van der Waals surface area contributed by atoms with Crippen molar-refractivity contribution in [3.05, 3.63) is 71.9 Å². The molecule has 0 aliphatic rings. The highest BCUT2D eigenvalue weighted by molar-refractivity contribution is 6.14. The van der Waals surface area contributed by atoms with E-state index in [1.165, 1.54) is 0 Å². The number of para-hydroxylation sites is 1. The topological polar surface area (TPSA) is 32.9 Å². The fourth-order valence-corrected chi connectivity index (χ4v) is 2.20. The molecule has 2 aromatic carbocycles. The van der Waals surface area contributed by atoms with Gasteiger partial charge in [-0.15, -0.1) is 0 Å². The molecule has 1 N–H and O–H groups in total. The molecule has 0 amide bonds. The van der Waals surface area contributed by atoms with E-state index in [0.717, 1.165) is 28.3 Å². The number of allylic oxidation sites excluding steroid dienone is 1. The van der Waals surface area contributed by atoms with Gasteiger partial charge in [-0.1, -0.05) is 48.5 Å². The molecule has 1 heterocycles. The Morgan fingerprint density at radius 1 is 0.947 bits per heavy atom. The van der Waals surface area contributed by atoms with Crippen LogP contribution in [0.1, 0.15) is 11.1 Å². The van der Waals surface area contributed by atoms with Crippen LogP contribution >= 0.6 is 0 Å². The predicted molar refractivity (Wildman–Crippen MR) is 78.7 cm³/mol. The van der Waals surface area contributed by atoms with E-state index in [-0.39, 0.29) is 0 Å². The molecule has 92 valence electrons. The van der Waals surface area contributed by atoms with Crippen molar-refractivity contribution < 1.29 is 4.79 Å². The van der Waals surface area contributed by atoms with Gasteiger partial charge in [0.05, 0.1) is 0 Å². The smallest absolute Gasteiger partial charge is 0.150 e. The summed E-state index contributed by atoms with van der Waals surface area (Å²) in [7, 11) is 0. The maximum absolute atomic E-state index is 11.3. The second-order valence-corrected chi connectivity index (χ2v) is 4.37. The van der Waals surface area contributed by atoms with E-state index in [1.807, 2.05) is 66.9 Å². The largest absolute Gasteiger partial charge is 0.361 e. The van der Waals surface area contributed by atoms with Crippen molar-refractivity contribution in [2.45, 2.75) is 0 Å². The Morgan fingerprint density at radius 2 is 1.68 bits per heavy atom. The fraction of sp³-hybridized carbons (Fsp3) is 0. The predicted octanol–water partition coefficient (Wildman–Crippen LogP) is 3.91. The molecule has 3 rings (SSSR count). The van der Waals surface area contributed by atoms with Crippen LogP contribution in [0.3, 0.4) is 0 Å². The Bertz CT molecular complexity index is 738. The summed E-state index contributed by atoms with van der Waals surface area (Å²) in [5.41, 5.74) is 3.72. The van der Waals surface area contributed by atoms with Gasteiger partial charge >= 0.3 is 0 Å².